The quantitative estimate of drug-likeness (QED) is 0.641. The van der Waals surface area contributed by atoms with Gasteiger partial charge in [-0.05, 0) is 12.8 Å². The first-order valence-corrected chi connectivity index (χ1v) is 4.07. The Kier molecular flexibility index (Phi) is 1.62. The molecule has 1 aliphatic carbocycles. The van der Waals surface area contributed by atoms with Gasteiger partial charge in [-0.3, -0.25) is 0 Å². The van der Waals surface area contributed by atoms with E-state index in [2.05, 4.69) is 15.3 Å². The summed E-state index contributed by atoms with van der Waals surface area (Å²) in [6, 6.07) is 0.604. The Morgan fingerprint density at radius 1 is 1.73 bits per heavy atom. The lowest BCUT2D eigenvalue weighted by Gasteiger charge is -2.01. The molecule has 0 aromatic carbocycles. The lowest BCUT2D eigenvalue weighted by Crippen LogP contribution is -2.25. The average Bonchev–Trinajstić information content (AvgIpc) is 2.67. The van der Waals surface area contributed by atoms with Gasteiger partial charge in [0.2, 0.25) is 0 Å². The summed E-state index contributed by atoms with van der Waals surface area (Å²) in [5.74, 6) is 0.770. The van der Waals surface area contributed by atoms with Crippen LogP contribution in [0.2, 0.25) is 0 Å². The van der Waals surface area contributed by atoms with Crippen molar-refractivity contribution in [2.24, 2.45) is 0 Å². The fraction of sp³-hybridized carbons (Fsp3) is 0.429. The minimum atomic E-state index is 0.604. The van der Waals surface area contributed by atoms with Crippen LogP contribution in [0.4, 0.5) is 0 Å². The molecule has 0 amide bonds. The molecule has 58 valence electrons. The van der Waals surface area contributed by atoms with E-state index in [0.29, 0.717) is 6.04 Å². The second-order valence-electron chi connectivity index (χ2n) is 2.69. The number of nitrogens with zero attached hydrogens (tertiary/aromatic N) is 1. The molecule has 1 fully saturated rings. The molecule has 1 aliphatic rings. The van der Waals surface area contributed by atoms with Gasteiger partial charge in [0.25, 0.3) is 0 Å². The molecule has 3 nitrogen and oxygen atoms in total. The molecular weight excluding hydrogens is 158 g/mol. The molecule has 2 rings (SSSR count). The maximum atomic E-state index is 5.09. The van der Waals surface area contributed by atoms with Crippen molar-refractivity contribution in [3.63, 3.8) is 0 Å². The summed E-state index contributed by atoms with van der Waals surface area (Å²) in [6.07, 6.45) is 5.95. The van der Waals surface area contributed by atoms with Crippen molar-refractivity contribution in [3.05, 3.63) is 18.2 Å². The van der Waals surface area contributed by atoms with Crippen LogP contribution in [0.1, 0.15) is 18.7 Å². The van der Waals surface area contributed by atoms with E-state index < -0.39 is 0 Å². The van der Waals surface area contributed by atoms with Crippen molar-refractivity contribution in [1.82, 2.24) is 15.3 Å². The zero-order chi connectivity index (χ0) is 7.68. The van der Waals surface area contributed by atoms with E-state index in [9.17, 15) is 0 Å². The van der Waals surface area contributed by atoms with Gasteiger partial charge in [0.15, 0.2) is 5.82 Å². The van der Waals surface area contributed by atoms with Gasteiger partial charge in [-0.2, -0.15) is 0 Å². The van der Waals surface area contributed by atoms with Crippen LogP contribution in [0.3, 0.4) is 0 Å². The fourth-order valence-electron chi connectivity index (χ4n) is 0.871. The van der Waals surface area contributed by atoms with Gasteiger partial charge < -0.3 is 10.3 Å². The van der Waals surface area contributed by atoms with Crippen LogP contribution in [-0.4, -0.2) is 21.0 Å². The Labute approximate surface area is 70.2 Å². The Bertz CT molecular complexity index is 251. The molecule has 11 heavy (non-hydrogen) atoms. The van der Waals surface area contributed by atoms with Crippen molar-refractivity contribution in [2.45, 2.75) is 18.9 Å². The maximum absolute atomic E-state index is 5.09. The van der Waals surface area contributed by atoms with Crippen molar-refractivity contribution in [1.29, 1.82) is 0 Å². The summed E-state index contributed by atoms with van der Waals surface area (Å²) in [6.45, 7) is 0. The van der Waals surface area contributed by atoms with Crippen LogP contribution in [0, 0.1) is 0 Å². The van der Waals surface area contributed by atoms with Gasteiger partial charge in [-0.15, -0.1) is 0 Å². The molecule has 0 atom stereocenters. The predicted octanol–water partition coefficient (Wildman–Crippen LogP) is 0.837. The average molecular weight is 167 g/mol. The zero-order valence-electron chi connectivity index (χ0n) is 6.00. The first-order valence-electron chi connectivity index (χ1n) is 3.66. The normalized spacial score (nSPS) is 16.4. The number of hydrogen-bond donors (Lipinski definition) is 2. The Morgan fingerprint density at radius 3 is 3.09 bits per heavy atom. The number of H-pyrrole nitrogens is 1. The van der Waals surface area contributed by atoms with Crippen LogP contribution in [0.5, 0.6) is 0 Å². The van der Waals surface area contributed by atoms with E-state index in [-0.39, 0.29) is 0 Å². The van der Waals surface area contributed by atoms with Crippen LogP contribution in [0.25, 0.3) is 0 Å². The number of aromatic nitrogens is 2. The Balaban J connectivity index is 1.99. The fourth-order valence-corrected chi connectivity index (χ4v) is 1.15. The Morgan fingerprint density at radius 2 is 2.55 bits per heavy atom. The molecule has 0 radical (unpaired) electrons. The molecule has 0 spiro atoms. The van der Waals surface area contributed by atoms with E-state index in [1.165, 1.54) is 12.8 Å². The van der Waals surface area contributed by atoms with E-state index in [4.69, 9.17) is 12.2 Å². The summed E-state index contributed by atoms with van der Waals surface area (Å²) < 4.78 is 0. The molecule has 1 saturated carbocycles. The molecular formula is C7H9N3S. The number of rotatable bonds is 2. The molecule has 2 N–H and O–H groups in total. The van der Waals surface area contributed by atoms with Crippen molar-refractivity contribution in [3.8, 4) is 0 Å². The van der Waals surface area contributed by atoms with Gasteiger partial charge in [-0.25, -0.2) is 4.98 Å². The number of hydrogen-bond acceptors (Lipinski definition) is 2. The first kappa shape index (κ1) is 6.79. The highest BCUT2D eigenvalue weighted by Crippen LogP contribution is 2.18. The molecule has 1 heterocycles. The minimum absolute atomic E-state index is 0.604. The molecule has 4 heteroatoms. The number of imidazole rings is 1. The van der Waals surface area contributed by atoms with Crippen molar-refractivity contribution >= 4 is 17.2 Å². The van der Waals surface area contributed by atoms with Gasteiger partial charge in [-0.1, -0.05) is 12.2 Å². The van der Waals surface area contributed by atoms with Crippen LogP contribution < -0.4 is 5.32 Å². The van der Waals surface area contributed by atoms with Crippen LogP contribution in [-0.2, 0) is 0 Å². The smallest absolute Gasteiger partial charge is 0.164 e. The number of thiocarbonyl (C=S) groups is 1. The lowest BCUT2D eigenvalue weighted by molar-refractivity contribution is 0.914. The maximum Gasteiger partial charge on any atom is 0.164 e. The number of aromatic amines is 1. The van der Waals surface area contributed by atoms with E-state index >= 15 is 0 Å². The van der Waals surface area contributed by atoms with Gasteiger partial charge in [0.05, 0.1) is 0 Å². The third-order valence-corrected chi connectivity index (χ3v) is 1.94. The first-order chi connectivity index (χ1) is 5.36. The van der Waals surface area contributed by atoms with Gasteiger partial charge in [0, 0.05) is 18.4 Å². The van der Waals surface area contributed by atoms with Crippen molar-refractivity contribution in [2.75, 3.05) is 0 Å². The molecule has 0 aliphatic heterocycles. The van der Waals surface area contributed by atoms with E-state index in [1.54, 1.807) is 12.4 Å². The minimum Gasteiger partial charge on any atom is -0.371 e. The summed E-state index contributed by atoms with van der Waals surface area (Å²) in [5, 5.41) is 3.19. The summed E-state index contributed by atoms with van der Waals surface area (Å²) in [5.41, 5.74) is 0. The highest BCUT2D eigenvalue weighted by Gasteiger charge is 2.22. The highest BCUT2D eigenvalue weighted by molar-refractivity contribution is 7.80. The molecule has 0 unspecified atom stereocenters. The van der Waals surface area contributed by atoms with E-state index in [0.717, 1.165) is 10.8 Å². The third kappa shape index (κ3) is 1.57. The summed E-state index contributed by atoms with van der Waals surface area (Å²) in [4.78, 5) is 7.73. The van der Waals surface area contributed by atoms with Crippen LogP contribution in [0.15, 0.2) is 12.4 Å². The second-order valence-corrected chi connectivity index (χ2v) is 3.09. The third-order valence-electron chi connectivity index (χ3n) is 1.63. The number of nitrogens with one attached hydrogen (secondary N) is 2. The molecule has 0 saturated heterocycles. The van der Waals surface area contributed by atoms with Gasteiger partial charge in [0.1, 0.15) is 4.99 Å². The predicted molar refractivity (Wildman–Crippen MR) is 46.4 cm³/mol. The Hall–Kier alpha value is -0.900. The lowest BCUT2D eigenvalue weighted by atomic mass is 10.5. The molecule has 1 aromatic rings. The molecule has 0 bridgehead atoms. The second kappa shape index (κ2) is 2.62. The SMILES string of the molecule is S=C(NC1CC1)c1ncc[nH]1. The highest BCUT2D eigenvalue weighted by atomic mass is 32.1. The van der Waals surface area contributed by atoms with E-state index in [1.807, 2.05) is 0 Å². The summed E-state index contributed by atoms with van der Waals surface area (Å²) >= 11 is 5.09. The zero-order valence-corrected chi connectivity index (χ0v) is 6.82. The molecule has 1 aromatic heterocycles. The van der Waals surface area contributed by atoms with Gasteiger partial charge >= 0.3 is 0 Å². The standard InChI is InChI=1S/C7H9N3S/c11-7(10-5-1-2-5)6-8-3-4-9-6/h3-5H,1-2H2,(H,8,9)(H,10,11). The monoisotopic (exact) mass is 167 g/mol. The topological polar surface area (TPSA) is 40.7 Å². The largest absolute Gasteiger partial charge is 0.371 e. The van der Waals surface area contributed by atoms with Crippen molar-refractivity contribution < 1.29 is 0 Å². The summed E-state index contributed by atoms with van der Waals surface area (Å²) in [7, 11) is 0. The van der Waals surface area contributed by atoms with Crippen LogP contribution >= 0.6 is 12.2 Å².